The van der Waals surface area contributed by atoms with Crippen LogP contribution in [0.15, 0.2) is 18.5 Å². The van der Waals surface area contributed by atoms with Crippen molar-refractivity contribution in [1.29, 1.82) is 0 Å². The highest BCUT2D eigenvalue weighted by Gasteiger charge is 2.18. The molecule has 0 aliphatic rings. The lowest BCUT2D eigenvalue weighted by Gasteiger charge is -2.19. The molecule has 0 fully saturated rings. The summed E-state index contributed by atoms with van der Waals surface area (Å²) < 4.78 is 5.13. The fraction of sp³-hybridized carbons (Fsp3) is 0.364. The minimum absolute atomic E-state index is 0.200. The summed E-state index contributed by atoms with van der Waals surface area (Å²) in [6.45, 7) is 5.24. The van der Waals surface area contributed by atoms with Gasteiger partial charge in [-0.05, 0) is 26.8 Å². The number of hydrogen-bond donors (Lipinski definition) is 2. The second kappa shape index (κ2) is 4.82. The fourth-order valence-electron chi connectivity index (χ4n) is 1.08. The van der Waals surface area contributed by atoms with Crippen molar-refractivity contribution in [1.82, 2.24) is 4.98 Å². The van der Waals surface area contributed by atoms with E-state index >= 15 is 0 Å². The van der Waals surface area contributed by atoms with Gasteiger partial charge in [-0.3, -0.25) is 10.3 Å². The highest BCUT2D eigenvalue weighted by atomic mass is 16.6. The van der Waals surface area contributed by atoms with Gasteiger partial charge in [0.2, 0.25) is 0 Å². The van der Waals surface area contributed by atoms with Gasteiger partial charge >= 0.3 is 12.1 Å². The molecule has 0 atom stereocenters. The molecule has 1 amide bonds. The van der Waals surface area contributed by atoms with E-state index in [0.717, 1.165) is 0 Å². The molecular weight excluding hydrogens is 224 g/mol. The zero-order valence-electron chi connectivity index (χ0n) is 9.85. The molecule has 1 aromatic rings. The summed E-state index contributed by atoms with van der Waals surface area (Å²) in [6.07, 6.45) is 1.41. The zero-order chi connectivity index (χ0) is 13.1. The Balaban J connectivity index is 2.84. The molecule has 17 heavy (non-hydrogen) atoms. The Labute approximate surface area is 98.6 Å². The van der Waals surface area contributed by atoms with Crippen molar-refractivity contribution < 1.29 is 19.4 Å². The first-order valence-corrected chi connectivity index (χ1v) is 4.96. The number of pyridine rings is 1. The molecule has 92 valence electrons. The van der Waals surface area contributed by atoms with Crippen LogP contribution in [0.5, 0.6) is 0 Å². The number of nitrogens with one attached hydrogen (secondary N) is 1. The number of aromatic nitrogens is 1. The van der Waals surface area contributed by atoms with Gasteiger partial charge in [0.1, 0.15) is 5.60 Å². The monoisotopic (exact) mass is 238 g/mol. The van der Waals surface area contributed by atoms with E-state index in [4.69, 9.17) is 9.84 Å². The highest BCUT2D eigenvalue weighted by Crippen LogP contribution is 2.14. The van der Waals surface area contributed by atoms with Gasteiger partial charge in [0.05, 0.1) is 17.4 Å². The molecule has 0 unspecified atom stereocenters. The van der Waals surface area contributed by atoms with Gasteiger partial charge < -0.3 is 9.84 Å². The first kappa shape index (κ1) is 13.0. The second-order valence-corrected chi connectivity index (χ2v) is 4.39. The topological polar surface area (TPSA) is 88.5 Å². The Kier molecular flexibility index (Phi) is 3.67. The van der Waals surface area contributed by atoms with Crippen LogP contribution in [0.3, 0.4) is 0 Å². The molecule has 0 radical (unpaired) electrons. The Morgan fingerprint density at radius 1 is 1.35 bits per heavy atom. The molecule has 0 spiro atoms. The molecular formula is C11H14N2O4. The van der Waals surface area contributed by atoms with Crippen molar-refractivity contribution in [2.24, 2.45) is 0 Å². The maximum Gasteiger partial charge on any atom is 0.409 e. The van der Waals surface area contributed by atoms with Crippen LogP contribution in [0.1, 0.15) is 31.1 Å². The number of esters is 1. The van der Waals surface area contributed by atoms with Crippen LogP contribution in [0.2, 0.25) is 0 Å². The maximum absolute atomic E-state index is 11.7. The number of carbonyl (C=O) groups is 2. The third kappa shape index (κ3) is 4.50. The van der Waals surface area contributed by atoms with E-state index in [9.17, 15) is 9.59 Å². The Morgan fingerprint density at radius 3 is 2.53 bits per heavy atom. The van der Waals surface area contributed by atoms with Crippen molar-refractivity contribution >= 4 is 17.7 Å². The number of carboxylic acid groups (broad SMARTS) is 1. The molecule has 0 saturated carbocycles. The lowest BCUT2D eigenvalue weighted by Crippen LogP contribution is -2.24. The van der Waals surface area contributed by atoms with Crippen LogP contribution >= 0.6 is 0 Å². The largest absolute Gasteiger partial charge is 0.465 e. The number of carbonyl (C=O) groups excluding carboxylic acids is 1. The van der Waals surface area contributed by atoms with Crippen molar-refractivity contribution in [2.45, 2.75) is 26.4 Å². The summed E-state index contributed by atoms with van der Waals surface area (Å²) in [5.74, 6) is -0.543. The van der Waals surface area contributed by atoms with Gasteiger partial charge in [-0.25, -0.2) is 9.59 Å². The van der Waals surface area contributed by atoms with Gasteiger partial charge in [-0.2, -0.15) is 0 Å². The first-order valence-electron chi connectivity index (χ1n) is 4.96. The van der Waals surface area contributed by atoms with Crippen LogP contribution in [-0.2, 0) is 4.74 Å². The minimum Gasteiger partial charge on any atom is -0.465 e. The highest BCUT2D eigenvalue weighted by molar-refractivity contribution is 5.91. The molecule has 0 bridgehead atoms. The van der Waals surface area contributed by atoms with E-state index < -0.39 is 17.7 Å². The molecule has 1 aromatic heterocycles. The van der Waals surface area contributed by atoms with E-state index in [-0.39, 0.29) is 11.3 Å². The SMILES string of the molecule is CC(C)(C)OC(=O)c1cncc(NC(=O)O)c1. The number of hydrogen-bond acceptors (Lipinski definition) is 4. The normalized spacial score (nSPS) is 10.8. The smallest absolute Gasteiger partial charge is 0.409 e. The molecule has 1 rings (SSSR count). The average molecular weight is 238 g/mol. The number of nitrogens with zero attached hydrogens (tertiary/aromatic N) is 1. The predicted molar refractivity (Wildman–Crippen MR) is 61.1 cm³/mol. The molecule has 0 aliphatic carbocycles. The van der Waals surface area contributed by atoms with E-state index in [0.29, 0.717) is 0 Å². The summed E-state index contributed by atoms with van der Waals surface area (Å²) >= 11 is 0. The molecule has 0 aliphatic heterocycles. The van der Waals surface area contributed by atoms with Crippen LogP contribution in [0.4, 0.5) is 10.5 Å². The standard InChI is InChI=1S/C11H14N2O4/c1-11(2,3)17-9(14)7-4-8(6-12-5-7)13-10(15)16/h4-6,13H,1-3H3,(H,15,16). The Hall–Kier alpha value is -2.11. The molecule has 6 nitrogen and oxygen atoms in total. The molecule has 0 saturated heterocycles. The number of ether oxygens (including phenoxy) is 1. The number of anilines is 1. The van der Waals surface area contributed by atoms with Gasteiger partial charge in [0, 0.05) is 6.20 Å². The van der Waals surface area contributed by atoms with Crippen LogP contribution in [-0.4, -0.2) is 27.8 Å². The minimum atomic E-state index is -1.21. The Morgan fingerprint density at radius 2 is 2.00 bits per heavy atom. The van der Waals surface area contributed by atoms with Crippen LogP contribution < -0.4 is 5.32 Å². The van der Waals surface area contributed by atoms with Crippen molar-refractivity contribution in [2.75, 3.05) is 5.32 Å². The first-order chi connectivity index (χ1) is 7.78. The zero-order valence-corrected chi connectivity index (χ0v) is 9.85. The Bertz CT molecular complexity index is 437. The van der Waals surface area contributed by atoms with E-state index in [1.807, 2.05) is 0 Å². The lowest BCUT2D eigenvalue weighted by atomic mass is 10.2. The predicted octanol–water partition coefficient (Wildman–Crippen LogP) is 2.13. The van der Waals surface area contributed by atoms with Crippen LogP contribution in [0, 0.1) is 0 Å². The molecule has 1 heterocycles. The molecule has 0 aromatic carbocycles. The molecule has 2 N–H and O–H groups in total. The van der Waals surface area contributed by atoms with Gasteiger partial charge in [0.15, 0.2) is 0 Å². The van der Waals surface area contributed by atoms with Crippen molar-refractivity contribution in [3.8, 4) is 0 Å². The lowest BCUT2D eigenvalue weighted by molar-refractivity contribution is 0.00690. The summed E-state index contributed by atoms with van der Waals surface area (Å²) in [4.78, 5) is 25.8. The third-order valence-corrected chi connectivity index (χ3v) is 1.62. The number of rotatable bonds is 2. The quantitative estimate of drug-likeness (QED) is 0.770. The third-order valence-electron chi connectivity index (χ3n) is 1.62. The second-order valence-electron chi connectivity index (χ2n) is 4.39. The van der Waals surface area contributed by atoms with E-state index in [1.54, 1.807) is 20.8 Å². The van der Waals surface area contributed by atoms with Gasteiger partial charge in [-0.1, -0.05) is 0 Å². The fourth-order valence-corrected chi connectivity index (χ4v) is 1.08. The maximum atomic E-state index is 11.7. The summed E-state index contributed by atoms with van der Waals surface area (Å²) in [7, 11) is 0. The summed E-state index contributed by atoms with van der Waals surface area (Å²) in [6, 6.07) is 1.37. The molecule has 6 heteroatoms. The van der Waals surface area contributed by atoms with Crippen LogP contribution in [0.25, 0.3) is 0 Å². The van der Waals surface area contributed by atoms with Crippen molar-refractivity contribution in [3.05, 3.63) is 24.0 Å². The van der Waals surface area contributed by atoms with E-state index in [2.05, 4.69) is 10.3 Å². The van der Waals surface area contributed by atoms with E-state index in [1.165, 1.54) is 18.5 Å². The average Bonchev–Trinajstić information content (AvgIpc) is 2.14. The van der Waals surface area contributed by atoms with Gasteiger partial charge in [0.25, 0.3) is 0 Å². The number of amides is 1. The summed E-state index contributed by atoms with van der Waals surface area (Å²) in [5.41, 5.74) is -0.181. The van der Waals surface area contributed by atoms with Crippen molar-refractivity contribution in [3.63, 3.8) is 0 Å². The van der Waals surface area contributed by atoms with Gasteiger partial charge in [-0.15, -0.1) is 0 Å². The summed E-state index contributed by atoms with van der Waals surface area (Å²) in [5, 5.41) is 10.6.